The van der Waals surface area contributed by atoms with Crippen LogP contribution in [0.4, 0.5) is 11.5 Å². The molecule has 0 bridgehead atoms. The van der Waals surface area contributed by atoms with E-state index in [1.54, 1.807) is 23.5 Å². The number of fused-ring (bicyclic) bond motifs is 1. The number of nitrogens with one attached hydrogen (secondary N) is 1. The molecule has 0 radical (unpaired) electrons. The fraction of sp³-hybridized carbons (Fsp3) is 0.200. The predicted octanol–water partition coefficient (Wildman–Crippen LogP) is 4.48. The van der Waals surface area contributed by atoms with Gasteiger partial charge in [-0.3, -0.25) is 10.1 Å². The van der Waals surface area contributed by atoms with Crippen molar-refractivity contribution < 1.29 is 4.92 Å². The molecule has 0 saturated heterocycles. The Balaban J connectivity index is 1.93. The topological polar surface area (TPSA) is 81.0 Å². The number of rotatable bonds is 4. The first-order valence-electron chi connectivity index (χ1n) is 6.86. The van der Waals surface area contributed by atoms with Gasteiger partial charge in [0.15, 0.2) is 0 Å². The molecule has 1 N–H and O–H groups in total. The maximum atomic E-state index is 10.8. The van der Waals surface area contributed by atoms with Crippen LogP contribution in [0.3, 0.4) is 0 Å². The Hall–Kier alpha value is -2.25. The Labute approximate surface area is 141 Å². The average molecular weight is 349 g/mol. The summed E-state index contributed by atoms with van der Waals surface area (Å²) in [5, 5.41) is 15.2. The molecule has 0 spiro atoms. The standard InChI is InChI=1S/C15H13ClN4O2S/c1-8-9(2)23-14-12(8)13(18-15(16)19-14)17-7-10-4-3-5-11(6-10)20(21)22/h3-6H,7H2,1-2H3,(H,17,18,19). The van der Waals surface area contributed by atoms with Crippen molar-refractivity contribution in [2.75, 3.05) is 5.32 Å². The number of nitro groups is 1. The van der Waals surface area contributed by atoms with Crippen molar-refractivity contribution in [3.63, 3.8) is 0 Å². The first kappa shape index (κ1) is 15.6. The number of nitrogens with zero attached hydrogens (tertiary/aromatic N) is 3. The Morgan fingerprint density at radius 1 is 1.35 bits per heavy atom. The lowest BCUT2D eigenvalue weighted by molar-refractivity contribution is -0.384. The monoisotopic (exact) mass is 348 g/mol. The van der Waals surface area contributed by atoms with Crippen molar-refractivity contribution in [1.82, 2.24) is 9.97 Å². The lowest BCUT2D eigenvalue weighted by Gasteiger charge is -2.08. The summed E-state index contributed by atoms with van der Waals surface area (Å²) in [6.45, 7) is 4.46. The molecule has 0 fully saturated rings. The Bertz CT molecular complexity index is 910. The van der Waals surface area contributed by atoms with Crippen LogP contribution in [-0.4, -0.2) is 14.9 Å². The fourth-order valence-electron chi connectivity index (χ4n) is 2.32. The number of aryl methyl sites for hydroxylation is 2. The van der Waals surface area contributed by atoms with E-state index in [2.05, 4.69) is 15.3 Å². The smallest absolute Gasteiger partial charge is 0.269 e. The SMILES string of the molecule is Cc1sc2nc(Cl)nc(NCc3cccc([N+](=O)[O-])c3)c2c1C. The van der Waals surface area contributed by atoms with Gasteiger partial charge in [-0.2, -0.15) is 0 Å². The first-order valence-corrected chi connectivity index (χ1v) is 8.05. The molecule has 6 nitrogen and oxygen atoms in total. The quantitative estimate of drug-likeness (QED) is 0.427. The molecule has 0 atom stereocenters. The van der Waals surface area contributed by atoms with Crippen LogP contribution in [0.5, 0.6) is 0 Å². The van der Waals surface area contributed by atoms with Gasteiger partial charge in [-0.1, -0.05) is 12.1 Å². The van der Waals surface area contributed by atoms with Crippen molar-refractivity contribution in [1.29, 1.82) is 0 Å². The third-order valence-electron chi connectivity index (χ3n) is 3.58. The van der Waals surface area contributed by atoms with Crippen LogP contribution < -0.4 is 5.32 Å². The van der Waals surface area contributed by atoms with Crippen LogP contribution in [0, 0.1) is 24.0 Å². The number of hydrogen-bond acceptors (Lipinski definition) is 6. The largest absolute Gasteiger partial charge is 0.365 e. The molecule has 1 aromatic carbocycles. The Kier molecular flexibility index (Phi) is 4.14. The minimum Gasteiger partial charge on any atom is -0.365 e. The second-order valence-corrected chi connectivity index (χ2v) is 6.63. The van der Waals surface area contributed by atoms with E-state index in [1.165, 1.54) is 6.07 Å². The predicted molar refractivity (Wildman–Crippen MR) is 92.3 cm³/mol. The van der Waals surface area contributed by atoms with Crippen LogP contribution in [0.15, 0.2) is 24.3 Å². The summed E-state index contributed by atoms with van der Waals surface area (Å²) in [4.78, 5) is 21.0. The third kappa shape index (κ3) is 3.11. The number of benzene rings is 1. The van der Waals surface area contributed by atoms with Crippen LogP contribution in [-0.2, 0) is 6.54 Å². The van der Waals surface area contributed by atoms with Gasteiger partial charge >= 0.3 is 0 Å². The summed E-state index contributed by atoms with van der Waals surface area (Å²) in [5.74, 6) is 0.647. The van der Waals surface area contributed by atoms with E-state index in [0.29, 0.717) is 12.4 Å². The molecule has 0 aliphatic carbocycles. The molecule has 2 aromatic heterocycles. The Morgan fingerprint density at radius 2 is 2.13 bits per heavy atom. The van der Waals surface area contributed by atoms with Crippen molar-refractivity contribution in [3.8, 4) is 0 Å². The highest BCUT2D eigenvalue weighted by Gasteiger charge is 2.14. The maximum Gasteiger partial charge on any atom is 0.269 e. The second-order valence-electron chi connectivity index (χ2n) is 5.09. The summed E-state index contributed by atoms with van der Waals surface area (Å²) >= 11 is 7.56. The lowest BCUT2D eigenvalue weighted by atomic mass is 10.2. The number of thiophene rings is 1. The molecule has 3 aromatic rings. The number of nitro benzene ring substituents is 1. The van der Waals surface area contributed by atoms with Crippen molar-refractivity contribution in [2.24, 2.45) is 0 Å². The summed E-state index contributed by atoms with van der Waals surface area (Å²) in [5.41, 5.74) is 1.98. The van der Waals surface area contributed by atoms with Gasteiger partial charge in [-0.15, -0.1) is 11.3 Å². The molecule has 23 heavy (non-hydrogen) atoms. The van der Waals surface area contributed by atoms with E-state index in [4.69, 9.17) is 11.6 Å². The molecule has 0 aliphatic heterocycles. The molecule has 2 heterocycles. The summed E-state index contributed by atoms with van der Waals surface area (Å²) in [6.07, 6.45) is 0. The fourth-order valence-corrected chi connectivity index (χ4v) is 3.57. The van der Waals surface area contributed by atoms with Gasteiger partial charge in [0, 0.05) is 23.6 Å². The van der Waals surface area contributed by atoms with Crippen molar-refractivity contribution in [3.05, 3.63) is 55.7 Å². The minimum absolute atomic E-state index is 0.0673. The van der Waals surface area contributed by atoms with Gasteiger partial charge in [0.05, 0.1) is 10.3 Å². The minimum atomic E-state index is -0.407. The maximum absolute atomic E-state index is 10.8. The lowest BCUT2D eigenvalue weighted by Crippen LogP contribution is -2.03. The zero-order valence-electron chi connectivity index (χ0n) is 12.5. The summed E-state index contributed by atoms with van der Waals surface area (Å²) in [6, 6.07) is 6.50. The van der Waals surface area contributed by atoms with Gasteiger partial charge in [-0.25, -0.2) is 9.97 Å². The second kappa shape index (κ2) is 6.10. The van der Waals surface area contributed by atoms with E-state index in [9.17, 15) is 10.1 Å². The van der Waals surface area contributed by atoms with Crippen molar-refractivity contribution >= 4 is 44.7 Å². The molecule has 0 unspecified atom stereocenters. The number of aromatic nitrogens is 2. The van der Waals surface area contributed by atoms with Gasteiger partial charge in [0.25, 0.3) is 5.69 Å². The normalized spacial score (nSPS) is 10.9. The zero-order chi connectivity index (χ0) is 16.6. The molecule has 3 rings (SSSR count). The molecular formula is C15H13ClN4O2S. The van der Waals surface area contributed by atoms with Gasteiger partial charge in [0.2, 0.25) is 5.28 Å². The number of non-ortho nitro benzene ring substituents is 1. The summed E-state index contributed by atoms with van der Waals surface area (Å²) < 4.78 is 0. The highest BCUT2D eigenvalue weighted by atomic mass is 35.5. The van der Waals surface area contributed by atoms with Gasteiger partial charge < -0.3 is 5.32 Å². The first-order chi connectivity index (χ1) is 11.0. The molecule has 0 amide bonds. The van der Waals surface area contributed by atoms with Gasteiger partial charge in [-0.05, 0) is 36.6 Å². The van der Waals surface area contributed by atoms with E-state index in [1.807, 2.05) is 19.9 Å². The van der Waals surface area contributed by atoms with E-state index >= 15 is 0 Å². The van der Waals surface area contributed by atoms with Gasteiger partial charge in [0.1, 0.15) is 10.6 Å². The number of hydrogen-bond donors (Lipinski definition) is 1. The summed E-state index contributed by atoms with van der Waals surface area (Å²) in [7, 11) is 0. The van der Waals surface area contributed by atoms with Crippen LogP contribution in [0.1, 0.15) is 16.0 Å². The molecule has 0 saturated carbocycles. The van der Waals surface area contributed by atoms with E-state index in [0.717, 1.165) is 26.2 Å². The molecular weight excluding hydrogens is 336 g/mol. The van der Waals surface area contributed by atoms with Crippen molar-refractivity contribution in [2.45, 2.75) is 20.4 Å². The zero-order valence-corrected chi connectivity index (χ0v) is 14.0. The van der Waals surface area contributed by atoms with Crippen LogP contribution in [0.2, 0.25) is 5.28 Å². The molecule has 8 heteroatoms. The van der Waals surface area contributed by atoms with Crippen LogP contribution in [0.25, 0.3) is 10.2 Å². The Morgan fingerprint density at radius 3 is 2.87 bits per heavy atom. The van der Waals surface area contributed by atoms with E-state index in [-0.39, 0.29) is 11.0 Å². The highest BCUT2D eigenvalue weighted by Crippen LogP contribution is 2.34. The highest BCUT2D eigenvalue weighted by molar-refractivity contribution is 7.18. The van der Waals surface area contributed by atoms with Crippen LogP contribution >= 0.6 is 22.9 Å². The molecule has 0 aliphatic rings. The average Bonchev–Trinajstić information content (AvgIpc) is 2.79. The number of anilines is 1. The molecule has 118 valence electrons. The number of halogens is 1. The van der Waals surface area contributed by atoms with E-state index < -0.39 is 4.92 Å². The third-order valence-corrected chi connectivity index (χ3v) is 4.85.